The van der Waals surface area contributed by atoms with Crippen LogP contribution in [0.15, 0.2) is 53.3 Å². The first kappa shape index (κ1) is 20.3. The number of nitrogens with one attached hydrogen (secondary N) is 2. The van der Waals surface area contributed by atoms with Gasteiger partial charge in [-0.25, -0.2) is 4.68 Å². The van der Waals surface area contributed by atoms with Crippen molar-refractivity contribution in [2.24, 2.45) is 0 Å². The molecule has 0 aliphatic heterocycles. The van der Waals surface area contributed by atoms with Gasteiger partial charge >= 0.3 is 0 Å². The summed E-state index contributed by atoms with van der Waals surface area (Å²) in [4.78, 5) is 37.0. The maximum atomic E-state index is 13.0. The summed E-state index contributed by atoms with van der Waals surface area (Å²) in [5, 5.41) is 11.0. The molecule has 1 atom stereocenters. The molecule has 0 saturated carbocycles. The molecule has 1 aromatic heterocycles. The van der Waals surface area contributed by atoms with E-state index in [1.807, 2.05) is 39.0 Å². The molecule has 0 radical (unpaired) electrons. The normalized spacial score (nSPS) is 12.0. The van der Waals surface area contributed by atoms with Crippen LogP contribution in [0.3, 0.4) is 0 Å². The van der Waals surface area contributed by atoms with E-state index >= 15 is 0 Å². The molecule has 150 valence electrons. The van der Waals surface area contributed by atoms with E-state index < -0.39 is 0 Å². The van der Waals surface area contributed by atoms with Gasteiger partial charge < -0.3 is 10.6 Å². The Morgan fingerprint density at radius 1 is 1.00 bits per heavy atom. The molecule has 2 N–H and O–H groups in total. The van der Waals surface area contributed by atoms with E-state index in [1.165, 1.54) is 11.6 Å². The predicted octanol–water partition coefficient (Wildman–Crippen LogP) is 3.43. The molecule has 0 spiro atoms. The molecule has 1 unspecified atom stereocenters. The van der Waals surface area contributed by atoms with Crippen molar-refractivity contribution in [3.8, 4) is 0 Å². The number of carbonyl (C=O) groups is 2. The molecule has 0 bridgehead atoms. The van der Waals surface area contributed by atoms with E-state index in [0.717, 1.165) is 5.56 Å². The van der Waals surface area contributed by atoms with Gasteiger partial charge in [0.1, 0.15) is 0 Å². The number of aromatic nitrogens is 2. The minimum absolute atomic E-state index is 0.162. The van der Waals surface area contributed by atoms with Gasteiger partial charge in [-0.1, -0.05) is 30.3 Å². The van der Waals surface area contributed by atoms with Crippen molar-refractivity contribution in [3.63, 3.8) is 0 Å². The summed E-state index contributed by atoms with van der Waals surface area (Å²) in [6.07, 6.45) is 0. The SMILES string of the molecule is CC(=O)Nc1cccc(C(C)NC(=O)c2nn(C(C)C)c(=O)c3ccccc23)c1. The highest BCUT2D eigenvalue weighted by Crippen LogP contribution is 2.20. The zero-order valence-corrected chi connectivity index (χ0v) is 16.9. The molecule has 3 aromatic rings. The number of nitrogens with zero attached hydrogens (tertiary/aromatic N) is 2. The monoisotopic (exact) mass is 392 g/mol. The summed E-state index contributed by atoms with van der Waals surface area (Å²) in [5.74, 6) is -0.529. The van der Waals surface area contributed by atoms with Crippen molar-refractivity contribution >= 4 is 28.3 Å². The topological polar surface area (TPSA) is 93.1 Å². The van der Waals surface area contributed by atoms with Crippen molar-refractivity contribution in [1.29, 1.82) is 0 Å². The molecule has 0 aliphatic carbocycles. The lowest BCUT2D eigenvalue weighted by Gasteiger charge is -2.17. The summed E-state index contributed by atoms with van der Waals surface area (Å²) in [6, 6.07) is 13.8. The quantitative estimate of drug-likeness (QED) is 0.696. The van der Waals surface area contributed by atoms with Crippen molar-refractivity contribution in [1.82, 2.24) is 15.1 Å². The van der Waals surface area contributed by atoms with Crippen molar-refractivity contribution in [2.45, 2.75) is 39.8 Å². The van der Waals surface area contributed by atoms with E-state index in [4.69, 9.17) is 0 Å². The maximum Gasteiger partial charge on any atom is 0.274 e. The van der Waals surface area contributed by atoms with E-state index in [0.29, 0.717) is 16.5 Å². The van der Waals surface area contributed by atoms with Crippen LogP contribution in [0.4, 0.5) is 5.69 Å². The van der Waals surface area contributed by atoms with Crippen molar-refractivity contribution in [3.05, 3.63) is 70.1 Å². The number of rotatable bonds is 5. The molecule has 3 rings (SSSR count). The van der Waals surface area contributed by atoms with Crippen LogP contribution < -0.4 is 16.2 Å². The van der Waals surface area contributed by atoms with Gasteiger partial charge in [0.2, 0.25) is 5.91 Å². The first-order chi connectivity index (χ1) is 13.8. The Kier molecular flexibility index (Phi) is 5.77. The van der Waals surface area contributed by atoms with Gasteiger partial charge in [0, 0.05) is 18.0 Å². The number of hydrogen-bond acceptors (Lipinski definition) is 4. The summed E-state index contributed by atoms with van der Waals surface area (Å²) in [7, 11) is 0. The highest BCUT2D eigenvalue weighted by Gasteiger charge is 2.19. The lowest BCUT2D eigenvalue weighted by molar-refractivity contribution is -0.114. The molecule has 29 heavy (non-hydrogen) atoms. The fourth-order valence-corrected chi connectivity index (χ4v) is 3.16. The van der Waals surface area contributed by atoms with E-state index in [2.05, 4.69) is 15.7 Å². The number of carbonyl (C=O) groups excluding carboxylic acids is 2. The summed E-state index contributed by atoms with van der Waals surface area (Å²) in [5.41, 5.74) is 1.49. The Hall–Kier alpha value is -3.48. The second kappa shape index (κ2) is 8.26. The van der Waals surface area contributed by atoms with Gasteiger partial charge in [0.05, 0.1) is 17.5 Å². The van der Waals surface area contributed by atoms with E-state index in [1.54, 1.807) is 30.3 Å². The Bertz CT molecular complexity index is 1130. The van der Waals surface area contributed by atoms with Gasteiger partial charge in [0.25, 0.3) is 11.5 Å². The first-order valence-electron chi connectivity index (χ1n) is 9.48. The average Bonchev–Trinajstić information content (AvgIpc) is 2.67. The molecule has 2 amide bonds. The Morgan fingerprint density at radius 3 is 2.34 bits per heavy atom. The first-order valence-corrected chi connectivity index (χ1v) is 9.48. The molecule has 7 nitrogen and oxygen atoms in total. The molecule has 1 heterocycles. The smallest absolute Gasteiger partial charge is 0.274 e. The maximum absolute atomic E-state index is 13.0. The fraction of sp³-hybridized carbons (Fsp3) is 0.273. The standard InChI is InChI=1S/C22H24N4O3/c1-13(2)26-22(29)19-11-6-5-10-18(19)20(25-26)21(28)23-14(3)16-8-7-9-17(12-16)24-15(4)27/h5-14H,1-4H3,(H,23,28)(H,24,27). The lowest BCUT2D eigenvalue weighted by Crippen LogP contribution is -2.32. The van der Waals surface area contributed by atoms with Crippen LogP contribution in [0, 0.1) is 0 Å². The van der Waals surface area contributed by atoms with Crippen LogP contribution in [0.2, 0.25) is 0 Å². The highest BCUT2D eigenvalue weighted by atomic mass is 16.2. The highest BCUT2D eigenvalue weighted by molar-refractivity contribution is 6.04. The lowest BCUT2D eigenvalue weighted by atomic mass is 10.1. The second-order valence-electron chi connectivity index (χ2n) is 7.24. The Labute approximate surface area is 168 Å². The third-order valence-electron chi connectivity index (χ3n) is 4.59. The van der Waals surface area contributed by atoms with Crippen LogP contribution in [-0.2, 0) is 4.79 Å². The van der Waals surface area contributed by atoms with Crippen molar-refractivity contribution in [2.75, 3.05) is 5.32 Å². The van der Waals surface area contributed by atoms with Crippen LogP contribution in [0.1, 0.15) is 55.8 Å². The molecule has 2 aromatic carbocycles. The van der Waals surface area contributed by atoms with Gasteiger partial charge in [-0.2, -0.15) is 5.10 Å². The third-order valence-corrected chi connectivity index (χ3v) is 4.59. The third kappa shape index (κ3) is 4.34. The molecule has 0 fully saturated rings. The van der Waals surface area contributed by atoms with Crippen LogP contribution in [-0.4, -0.2) is 21.6 Å². The minimum Gasteiger partial charge on any atom is -0.344 e. The van der Waals surface area contributed by atoms with Gasteiger partial charge in [-0.15, -0.1) is 0 Å². The van der Waals surface area contributed by atoms with Crippen molar-refractivity contribution < 1.29 is 9.59 Å². The number of benzene rings is 2. The van der Waals surface area contributed by atoms with Gasteiger partial charge in [-0.3, -0.25) is 14.4 Å². The number of anilines is 1. The number of fused-ring (bicyclic) bond motifs is 1. The van der Waals surface area contributed by atoms with Crippen LogP contribution in [0.5, 0.6) is 0 Å². The number of amides is 2. The summed E-state index contributed by atoms with van der Waals surface area (Å²) in [6.45, 7) is 6.99. The Morgan fingerprint density at radius 2 is 1.69 bits per heavy atom. The zero-order chi connectivity index (χ0) is 21.1. The molecular formula is C22H24N4O3. The minimum atomic E-state index is -0.368. The van der Waals surface area contributed by atoms with E-state index in [-0.39, 0.29) is 35.2 Å². The fourth-order valence-electron chi connectivity index (χ4n) is 3.16. The zero-order valence-electron chi connectivity index (χ0n) is 16.9. The molecule has 7 heteroatoms. The summed E-state index contributed by atoms with van der Waals surface area (Å²) < 4.78 is 1.33. The average molecular weight is 392 g/mol. The molecule has 0 saturated heterocycles. The van der Waals surface area contributed by atoms with E-state index in [9.17, 15) is 14.4 Å². The predicted molar refractivity (Wildman–Crippen MR) is 113 cm³/mol. The molecular weight excluding hydrogens is 368 g/mol. The summed E-state index contributed by atoms with van der Waals surface area (Å²) >= 11 is 0. The van der Waals surface area contributed by atoms with Crippen LogP contribution in [0.25, 0.3) is 10.8 Å². The second-order valence-corrected chi connectivity index (χ2v) is 7.24. The molecule has 0 aliphatic rings. The Balaban J connectivity index is 1.95. The number of hydrogen-bond donors (Lipinski definition) is 2. The van der Waals surface area contributed by atoms with Crippen LogP contribution >= 0.6 is 0 Å². The van der Waals surface area contributed by atoms with Gasteiger partial charge in [-0.05, 0) is 44.5 Å². The largest absolute Gasteiger partial charge is 0.344 e. The van der Waals surface area contributed by atoms with Gasteiger partial charge in [0.15, 0.2) is 5.69 Å².